The Balaban J connectivity index is 1.84. The van der Waals surface area contributed by atoms with E-state index in [-0.39, 0.29) is 11.9 Å². The van der Waals surface area contributed by atoms with Crippen molar-refractivity contribution in [2.45, 2.75) is 25.8 Å². The highest BCUT2D eigenvalue weighted by atomic mass is 16.2. The first-order valence-corrected chi connectivity index (χ1v) is 7.88. The maximum absolute atomic E-state index is 11.5. The van der Waals surface area contributed by atoms with Crippen LogP contribution in [0.25, 0.3) is 10.9 Å². The van der Waals surface area contributed by atoms with Crippen molar-refractivity contribution in [3.05, 3.63) is 35.9 Å². The summed E-state index contributed by atoms with van der Waals surface area (Å²) < 4.78 is 0. The molecule has 0 unspecified atom stereocenters. The van der Waals surface area contributed by atoms with Crippen LogP contribution in [0, 0.1) is 11.3 Å². The van der Waals surface area contributed by atoms with Gasteiger partial charge in [0.15, 0.2) is 0 Å². The van der Waals surface area contributed by atoms with E-state index in [0.717, 1.165) is 42.7 Å². The molecule has 0 radical (unpaired) electrons. The summed E-state index contributed by atoms with van der Waals surface area (Å²) in [6.07, 6.45) is 1.80. The molecule has 1 aliphatic heterocycles. The van der Waals surface area contributed by atoms with Crippen LogP contribution >= 0.6 is 0 Å². The number of pyridine rings is 1. The van der Waals surface area contributed by atoms with Gasteiger partial charge in [-0.05, 0) is 25.0 Å². The number of hydrogen-bond donors (Lipinski definition) is 0. The van der Waals surface area contributed by atoms with E-state index in [1.54, 1.807) is 6.92 Å². The van der Waals surface area contributed by atoms with E-state index in [1.807, 2.05) is 42.3 Å². The number of hydrogen-bond acceptors (Lipinski definition) is 4. The molecule has 0 saturated carbocycles. The molecule has 1 aromatic heterocycles. The van der Waals surface area contributed by atoms with Crippen LogP contribution in [0.3, 0.4) is 0 Å². The predicted molar refractivity (Wildman–Crippen MR) is 90.1 cm³/mol. The first-order chi connectivity index (χ1) is 11.1. The van der Waals surface area contributed by atoms with Gasteiger partial charge < -0.3 is 9.80 Å². The zero-order valence-electron chi connectivity index (χ0n) is 13.5. The monoisotopic (exact) mass is 308 g/mol. The Hall–Kier alpha value is -2.61. The normalized spacial score (nSPS) is 15.4. The zero-order valence-corrected chi connectivity index (χ0v) is 13.5. The van der Waals surface area contributed by atoms with Crippen LogP contribution < -0.4 is 4.90 Å². The van der Waals surface area contributed by atoms with Gasteiger partial charge in [-0.3, -0.25) is 4.79 Å². The minimum Gasteiger partial charge on any atom is -0.355 e. The van der Waals surface area contributed by atoms with E-state index in [2.05, 4.69) is 11.0 Å². The number of anilines is 1. The number of carbonyl (C=O) groups excluding carboxylic acids is 1. The van der Waals surface area contributed by atoms with Crippen LogP contribution in [-0.2, 0) is 4.79 Å². The lowest BCUT2D eigenvalue weighted by Gasteiger charge is -2.37. The van der Waals surface area contributed by atoms with Gasteiger partial charge in [-0.25, -0.2) is 4.98 Å². The molecule has 0 aliphatic carbocycles. The van der Waals surface area contributed by atoms with E-state index in [1.165, 1.54) is 0 Å². The fourth-order valence-electron chi connectivity index (χ4n) is 3.15. The Bertz CT molecular complexity index is 772. The summed E-state index contributed by atoms with van der Waals surface area (Å²) >= 11 is 0. The summed E-state index contributed by atoms with van der Waals surface area (Å²) in [7, 11) is 1.86. The Morgan fingerprint density at radius 1 is 1.35 bits per heavy atom. The van der Waals surface area contributed by atoms with Crippen molar-refractivity contribution in [3.8, 4) is 6.07 Å². The lowest BCUT2D eigenvalue weighted by atomic mass is 10.0. The van der Waals surface area contributed by atoms with Crippen molar-refractivity contribution in [2.75, 3.05) is 25.0 Å². The van der Waals surface area contributed by atoms with Gasteiger partial charge in [-0.15, -0.1) is 0 Å². The molecule has 118 valence electrons. The summed E-state index contributed by atoms with van der Waals surface area (Å²) in [5.74, 6) is 0.861. The van der Waals surface area contributed by atoms with Crippen molar-refractivity contribution in [1.29, 1.82) is 5.26 Å². The molecule has 5 heteroatoms. The average Bonchev–Trinajstić information content (AvgIpc) is 2.60. The number of fused-ring (bicyclic) bond motifs is 1. The number of piperidine rings is 1. The third-order valence-electron chi connectivity index (χ3n) is 4.63. The largest absolute Gasteiger partial charge is 0.355 e. The van der Waals surface area contributed by atoms with Crippen molar-refractivity contribution in [1.82, 2.24) is 9.88 Å². The summed E-state index contributed by atoms with van der Waals surface area (Å²) in [6, 6.07) is 12.3. The lowest BCUT2D eigenvalue weighted by molar-refractivity contribution is -0.129. The second-order valence-corrected chi connectivity index (χ2v) is 6.01. The van der Waals surface area contributed by atoms with Crippen LogP contribution in [-0.4, -0.2) is 42.0 Å². The summed E-state index contributed by atoms with van der Waals surface area (Å²) in [5.41, 5.74) is 1.52. The molecule has 0 N–H and O–H groups in total. The highest BCUT2D eigenvalue weighted by Gasteiger charge is 2.25. The number of aromatic nitrogens is 1. The molecule has 1 aliphatic rings. The third kappa shape index (κ3) is 2.98. The van der Waals surface area contributed by atoms with Gasteiger partial charge in [-0.2, -0.15) is 5.26 Å². The van der Waals surface area contributed by atoms with E-state index < -0.39 is 0 Å². The molecule has 0 bridgehead atoms. The smallest absolute Gasteiger partial charge is 0.219 e. The molecule has 23 heavy (non-hydrogen) atoms. The summed E-state index contributed by atoms with van der Waals surface area (Å²) in [4.78, 5) is 20.2. The molecule has 3 rings (SSSR count). The number of benzene rings is 1. The van der Waals surface area contributed by atoms with Gasteiger partial charge in [-0.1, -0.05) is 18.2 Å². The van der Waals surface area contributed by atoms with Crippen molar-refractivity contribution >= 4 is 22.6 Å². The lowest BCUT2D eigenvalue weighted by Crippen LogP contribution is -2.45. The van der Waals surface area contributed by atoms with Crippen LogP contribution in [0.4, 0.5) is 5.82 Å². The van der Waals surface area contributed by atoms with Gasteiger partial charge >= 0.3 is 0 Å². The van der Waals surface area contributed by atoms with Crippen LogP contribution in [0.2, 0.25) is 0 Å². The Morgan fingerprint density at radius 2 is 2.04 bits per heavy atom. The number of carbonyl (C=O) groups is 1. The van der Waals surface area contributed by atoms with E-state index >= 15 is 0 Å². The Labute approximate surface area is 136 Å². The van der Waals surface area contributed by atoms with Crippen molar-refractivity contribution < 1.29 is 4.79 Å². The van der Waals surface area contributed by atoms with Gasteiger partial charge in [0.05, 0.1) is 11.1 Å². The van der Waals surface area contributed by atoms with Gasteiger partial charge in [0.1, 0.15) is 11.9 Å². The molecular weight excluding hydrogens is 288 g/mol. The van der Waals surface area contributed by atoms with E-state index in [9.17, 15) is 10.1 Å². The maximum Gasteiger partial charge on any atom is 0.219 e. The molecule has 2 heterocycles. The molecule has 2 aromatic rings. The van der Waals surface area contributed by atoms with Gasteiger partial charge in [0.25, 0.3) is 0 Å². The quantitative estimate of drug-likeness (QED) is 0.855. The topological polar surface area (TPSA) is 60.2 Å². The second kappa shape index (κ2) is 6.25. The molecule has 5 nitrogen and oxygen atoms in total. The fraction of sp³-hybridized carbons (Fsp3) is 0.389. The average molecular weight is 308 g/mol. The summed E-state index contributed by atoms with van der Waals surface area (Å²) in [5, 5.41) is 10.4. The van der Waals surface area contributed by atoms with E-state index in [4.69, 9.17) is 4.98 Å². The molecule has 1 amide bonds. The van der Waals surface area contributed by atoms with Gasteiger partial charge in [0, 0.05) is 38.5 Å². The highest BCUT2D eigenvalue weighted by molar-refractivity contribution is 5.83. The van der Waals surface area contributed by atoms with Gasteiger partial charge in [0.2, 0.25) is 5.91 Å². The summed E-state index contributed by atoms with van der Waals surface area (Å²) in [6.45, 7) is 3.22. The molecule has 1 aromatic carbocycles. The molecule has 1 fully saturated rings. The number of nitrogens with zero attached hydrogens (tertiary/aromatic N) is 4. The highest BCUT2D eigenvalue weighted by Crippen LogP contribution is 2.26. The van der Waals surface area contributed by atoms with Crippen LogP contribution in [0.15, 0.2) is 30.3 Å². The number of para-hydroxylation sites is 1. The standard InChI is InChI=1S/C18H20N4O/c1-13(23)21(2)16-7-9-22(10-8-16)18-15(12-19)11-14-5-3-4-6-17(14)20-18/h3-6,11,16H,7-10H2,1-2H3. The number of nitriles is 1. The minimum atomic E-state index is 0.102. The third-order valence-corrected chi connectivity index (χ3v) is 4.63. The SMILES string of the molecule is CC(=O)N(C)C1CCN(c2nc3ccccc3cc2C#N)CC1. The van der Waals surface area contributed by atoms with E-state index in [0.29, 0.717) is 5.56 Å². The van der Waals surface area contributed by atoms with Crippen molar-refractivity contribution in [2.24, 2.45) is 0 Å². The van der Waals surface area contributed by atoms with Crippen LogP contribution in [0.1, 0.15) is 25.3 Å². The first kappa shape index (κ1) is 15.3. The minimum absolute atomic E-state index is 0.102. The second-order valence-electron chi connectivity index (χ2n) is 6.01. The fourth-order valence-corrected chi connectivity index (χ4v) is 3.15. The van der Waals surface area contributed by atoms with Crippen LogP contribution in [0.5, 0.6) is 0 Å². The molecule has 1 saturated heterocycles. The Morgan fingerprint density at radius 3 is 2.70 bits per heavy atom. The molecule has 0 spiro atoms. The number of amides is 1. The zero-order chi connectivity index (χ0) is 16.4. The van der Waals surface area contributed by atoms with Crippen molar-refractivity contribution in [3.63, 3.8) is 0 Å². The Kier molecular flexibility index (Phi) is 4.16. The molecular formula is C18H20N4O. The molecule has 0 atom stereocenters. The first-order valence-electron chi connectivity index (χ1n) is 7.88. The predicted octanol–water partition coefficient (Wildman–Crippen LogP) is 2.55. The maximum atomic E-state index is 11.5. The number of rotatable bonds is 2.